The number of anilines is 2. The number of phenolic OH excluding ortho intramolecular Hbond substituents is 1. The third kappa shape index (κ3) is 2.57. The number of hydrogen-bond donors (Lipinski definition) is 3. The third-order valence-electron chi connectivity index (χ3n) is 2.48. The number of amides is 1. The molecule has 0 bridgehead atoms. The van der Waals surface area contributed by atoms with E-state index < -0.39 is 0 Å². The minimum absolute atomic E-state index is 0.163. The molecule has 0 radical (unpaired) electrons. The molecule has 0 aliphatic rings. The maximum atomic E-state index is 11.9. The highest BCUT2D eigenvalue weighted by Crippen LogP contribution is 2.20. The molecule has 4 N–H and O–H groups in total. The SMILES string of the molecule is Cc1cc(O)ccc1NC(=O)c1ccc(N)cn1. The number of hydrogen-bond acceptors (Lipinski definition) is 4. The zero-order valence-electron chi connectivity index (χ0n) is 9.84. The van der Waals surface area contributed by atoms with Gasteiger partial charge in [0.1, 0.15) is 11.4 Å². The van der Waals surface area contributed by atoms with Gasteiger partial charge in [0.25, 0.3) is 5.91 Å². The van der Waals surface area contributed by atoms with Crippen molar-refractivity contribution in [1.29, 1.82) is 0 Å². The minimum Gasteiger partial charge on any atom is -0.508 e. The van der Waals surface area contributed by atoms with Crippen molar-refractivity contribution in [3.05, 3.63) is 47.8 Å². The highest BCUT2D eigenvalue weighted by molar-refractivity contribution is 6.03. The van der Waals surface area contributed by atoms with Gasteiger partial charge in [-0.1, -0.05) is 0 Å². The Bertz CT molecular complexity index is 579. The summed E-state index contributed by atoms with van der Waals surface area (Å²) in [6.45, 7) is 1.80. The summed E-state index contributed by atoms with van der Waals surface area (Å²) >= 11 is 0. The molecule has 5 nitrogen and oxygen atoms in total. The maximum absolute atomic E-state index is 11.9. The lowest BCUT2D eigenvalue weighted by atomic mass is 10.2. The van der Waals surface area contributed by atoms with E-state index in [1.165, 1.54) is 12.3 Å². The minimum atomic E-state index is -0.316. The number of nitrogen functional groups attached to an aromatic ring is 1. The summed E-state index contributed by atoms with van der Waals surface area (Å²) in [5, 5.41) is 12.0. The van der Waals surface area contributed by atoms with Gasteiger partial charge in [0.05, 0.1) is 11.9 Å². The van der Waals surface area contributed by atoms with Crippen LogP contribution in [0.3, 0.4) is 0 Å². The number of carbonyl (C=O) groups is 1. The van der Waals surface area contributed by atoms with Crippen LogP contribution in [-0.2, 0) is 0 Å². The van der Waals surface area contributed by atoms with E-state index in [4.69, 9.17) is 5.73 Å². The molecule has 1 aromatic heterocycles. The Morgan fingerprint density at radius 2 is 2.11 bits per heavy atom. The fourth-order valence-corrected chi connectivity index (χ4v) is 1.51. The number of nitrogens with two attached hydrogens (primary N) is 1. The summed E-state index contributed by atoms with van der Waals surface area (Å²) in [4.78, 5) is 15.8. The number of pyridine rings is 1. The Morgan fingerprint density at radius 1 is 1.33 bits per heavy atom. The van der Waals surface area contributed by atoms with Crippen molar-refractivity contribution in [3.8, 4) is 5.75 Å². The Hall–Kier alpha value is -2.56. The monoisotopic (exact) mass is 243 g/mol. The topological polar surface area (TPSA) is 88.2 Å². The van der Waals surface area contributed by atoms with Crippen LogP contribution in [0.15, 0.2) is 36.5 Å². The highest BCUT2D eigenvalue weighted by Gasteiger charge is 2.09. The normalized spacial score (nSPS) is 10.1. The predicted octanol–water partition coefficient (Wildman–Crippen LogP) is 1.93. The number of nitrogens with zero attached hydrogens (tertiary/aromatic N) is 1. The number of rotatable bonds is 2. The smallest absolute Gasteiger partial charge is 0.274 e. The van der Waals surface area contributed by atoms with Gasteiger partial charge in [0.15, 0.2) is 0 Å². The van der Waals surface area contributed by atoms with E-state index in [0.29, 0.717) is 11.4 Å². The van der Waals surface area contributed by atoms with Crippen LogP contribution in [0.4, 0.5) is 11.4 Å². The zero-order chi connectivity index (χ0) is 13.1. The molecule has 2 rings (SSSR count). The van der Waals surface area contributed by atoms with E-state index in [9.17, 15) is 9.90 Å². The first-order chi connectivity index (χ1) is 8.56. The van der Waals surface area contributed by atoms with E-state index in [2.05, 4.69) is 10.3 Å². The van der Waals surface area contributed by atoms with Gasteiger partial charge in [-0.25, -0.2) is 4.98 Å². The van der Waals surface area contributed by atoms with Gasteiger partial charge in [-0.05, 0) is 42.8 Å². The molecule has 1 amide bonds. The molecule has 2 aromatic rings. The lowest BCUT2D eigenvalue weighted by molar-refractivity contribution is 0.102. The first-order valence-electron chi connectivity index (χ1n) is 5.39. The summed E-state index contributed by atoms with van der Waals surface area (Å²) in [6.07, 6.45) is 1.43. The fraction of sp³-hybridized carbons (Fsp3) is 0.0769. The summed E-state index contributed by atoms with van der Waals surface area (Å²) < 4.78 is 0. The van der Waals surface area contributed by atoms with Crippen molar-refractivity contribution >= 4 is 17.3 Å². The number of benzene rings is 1. The van der Waals surface area contributed by atoms with E-state index in [-0.39, 0.29) is 17.4 Å². The van der Waals surface area contributed by atoms with Crippen molar-refractivity contribution in [2.75, 3.05) is 11.1 Å². The van der Waals surface area contributed by atoms with Gasteiger partial charge < -0.3 is 16.2 Å². The number of aromatic hydroxyl groups is 1. The van der Waals surface area contributed by atoms with Crippen LogP contribution >= 0.6 is 0 Å². The number of phenols is 1. The molecule has 92 valence electrons. The molecule has 0 aliphatic carbocycles. The molecular formula is C13H13N3O2. The second-order valence-corrected chi connectivity index (χ2v) is 3.93. The van der Waals surface area contributed by atoms with Gasteiger partial charge in [0.2, 0.25) is 0 Å². The maximum Gasteiger partial charge on any atom is 0.274 e. The van der Waals surface area contributed by atoms with Gasteiger partial charge in [0, 0.05) is 5.69 Å². The standard InChI is InChI=1S/C13H13N3O2/c1-8-6-10(17)3-5-11(8)16-13(18)12-4-2-9(14)7-15-12/h2-7,17H,14H2,1H3,(H,16,18). The van der Waals surface area contributed by atoms with E-state index in [0.717, 1.165) is 5.56 Å². The number of nitrogens with one attached hydrogen (secondary N) is 1. The highest BCUT2D eigenvalue weighted by atomic mass is 16.3. The first-order valence-corrected chi connectivity index (χ1v) is 5.39. The lowest BCUT2D eigenvalue weighted by Crippen LogP contribution is -2.14. The molecule has 0 saturated heterocycles. The molecule has 5 heteroatoms. The van der Waals surface area contributed by atoms with Crippen molar-refractivity contribution < 1.29 is 9.90 Å². The van der Waals surface area contributed by atoms with Gasteiger partial charge in [-0.3, -0.25) is 4.79 Å². The Balaban J connectivity index is 2.18. The van der Waals surface area contributed by atoms with Crippen LogP contribution in [0.1, 0.15) is 16.1 Å². The van der Waals surface area contributed by atoms with Crippen LogP contribution in [0.2, 0.25) is 0 Å². The lowest BCUT2D eigenvalue weighted by Gasteiger charge is -2.08. The third-order valence-corrected chi connectivity index (χ3v) is 2.48. The molecule has 18 heavy (non-hydrogen) atoms. The molecule has 0 fully saturated rings. The summed E-state index contributed by atoms with van der Waals surface area (Å²) in [5.41, 5.74) is 7.71. The Morgan fingerprint density at radius 3 is 2.72 bits per heavy atom. The molecule has 0 spiro atoms. The summed E-state index contributed by atoms with van der Waals surface area (Å²) in [7, 11) is 0. The molecular weight excluding hydrogens is 230 g/mol. The van der Waals surface area contributed by atoms with Crippen molar-refractivity contribution in [2.24, 2.45) is 0 Å². The van der Waals surface area contributed by atoms with Gasteiger partial charge in [-0.2, -0.15) is 0 Å². The largest absolute Gasteiger partial charge is 0.508 e. The second-order valence-electron chi connectivity index (χ2n) is 3.93. The van der Waals surface area contributed by atoms with Crippen LogP contribution < -0.4 is 11.1 Å². The van der Waals surface area contributed by atoms with E-state index in [1.807, 2.05) is 0 Å². The second kappa shape index (κ2) is 4.75. The summed E-state index contributed by atoms with van der Waals surface area (Å²) in [6, 6.07) is 7.90. The van der Waals surface area contributed by atoms with E-state index >= 15 is 0 Å². The van der Waals surface area contributed by atoms with Crippen LogP contribution in [0.25, 0.3) is 0 Å². The number of aromatic nitrogens is 1. The first kappa shape index (κ1) is 11.9. The fourth-order valence-electron chi connectivity index (χ4n) is 1.51. The molecule has 1 heterocycles. The summed E-state index contributed by atoms with van der Waals surface area (Å²) in [5.74, 6) is -0.153. The quantitative estimate of drug-likeness (QED) is 0.703. The number of carbonyl (C=O) groups excluding carboxylic acids is 1. The predicted molar refractivity (Wildman–Crippen MR) is 69.4 cm³/mol. The zero-order valence-corrected chi connectivity index (χ0v) is 9.84. The Labute approximate surface area is 104 Å². The molecule has 0 atom stereocenters. The van der Waals surface area contributed by atoms with Crippen molar-refractivity contribution in [3.63, 3.8) is 0 Å². The van der Waals surface area contributed by atoms with E-state index in [1.54, 1.807) is 31.2 Å². The Kier molecular flexibility index (Phi) is 3.14. The number of aryl methyl sites for hydroxylation is 1. The average Bonchev–Trinajstić information content (AvgIpc) is 2.33. The van der Waals surface area contributed by atoms with Crippen molar-refractivity contribution in [1.82, 2.24) is 4.98 Å². The molecule has 1 aromatic carbocycles. The average molecular weight is 243 g/mol. The van der Waals surface area contributed by atoms with Crippen LogP contribution in [0.5, 0.6) is 5.75 Å². The molecule has 0 aliphatic heterocycles. The van der Waals surface area contributed by atoms with Crippen LogP contribution in [0, 0.1) is 6.92 Å². The van der Waals surface area contributed by atoms with Gasteiger partial charge >= 0.3 is 0 Å². The molecule has 0 saturated carbocycles. The van der Waals surface area contributed by atoms with Gasteiger partial charge in [-0.15, -0.1) is 0 Å². The van der Waals surface area contributed by atoms with Crippen molar-refractivity contribution in [2.45, 2.75) is 6.92 Å². The molecule has 0 unspecified atom stereocenters. The van der Waals surface area contributed by atoms with Crippen LogP contribution in [-0.4, -0.2) is 16.0 Å².